The zero-order valence-electron chi connectivity index (χ0n) is 69.3. The second kappa shape index (κ2) is 75.1. The van der Waals surface area contributed by atoms with Crippen LogP contribution in [-0.2, 0) is 86.4 Å². The van der Waals surface area contributed by atoms with Gasteiger partial charge in [-0.25, -0.2) is 14.4 Å². The molecular weight excluding hydrogens is 1470 g/mol. The van der Waals surface area contributed by atoms with Gasteiger partial charge in [0.05, 0.1) is 45.1 Å². The molecule has 0 aliphatic carbocycles. The van der Waals surface area contributed by atoms with Crippen LogP contribution in [0.15, 0.2) is 164 Å². The summed E-state index contributed by atoms with van der Waals surface area (Å²) in [5, 5.41) is 21.9. The maximum atomic E-state index is 11.5. The second-order valence-electron chi connectivity index (χ2n) is 27.0. The zero-order chi connectivity index (χ0) is 81.8. The number of hydrogen-bond acceptors (Lipinski definition) is 16. The highest BCUT2D eigenvalue weighted by molar-refractivity contribution is 9.09. The predicted molar refractivity (Wildman–Crippen MR) is 455 cm³/mol. The van der Waals surface area contributed by atoms with Crippen LogP contribution < -0.4 is 5.32 Å². The van der Waals surface area contributed by atoms with E-state index in [1.165, 1.54) is 146 Å². The number of benzene rings is 6. The molecule has 0 amide bonds. The van der Waals surface area contributed by atoms with Crippen LogP contribution in [0.25, 0.3) is 0 Å². The smallest absolute Gasteiger partial charge is 0.337 e. The van der Waals surface area contributed by atoms with Gasteiger partial charge in [-0.05, 0) is 218 Å². The Morgan fingerprint density at radius 3 is 0.991 bits per heavy atom. The number of carboxylic acid groups (broad SMARTS) is 2. The van der Waals surface area contributed by atoms with Gasteiger partial charge in [0.15, 0.2) is 0 Å². The second-order valence-corrected chi connectivity index (χ2v) is 27.8. The van der Waals surface area contributed by atoms with Crippen molar-refractivity contribution in [3.05, 3.63) is 214 Å². The quantitative estimate of drug-likeness (QED) is 0.0140. The fourth-order valence-corrected chi connectivity index (χ4v) is 11.7. The number of carbonyl (C=O) groups is 6. The molecule has 6 rings (SSSR count). The summed E-state index contributed by atoms with van der Waals surface area (Å²) in [6.45, 7) is 16.6. The summed E-state index contributed by atoms with van der Waals surface area (Å²) in [4.78, 5) is 70.3. The van der Waals surface area contributed by atoms with Crippen LogP contribution in [0.3, 0.4) is 0 Å². The Balaban J connectivity index is 0.00000129. The summed E-state index contributed by atoms with van der Waals surface area (Å²) < 4.78 is 33.5. The number of halogens is 1. The number of aliphatic carboxylic acids is 1. The van der Waals surface area contributed by atoms with E-state index >= 15 is 0 Å². The van der Waals surface area contributed by atoms with Crippen molar-refractivity contribution in [2.45, 2.75) is 220 Å². The van der Waals surface area contributed by atoms with Gasteiger partial charge in [0, 0.05) is 85.4 Å². The Bertz CT molecular complexity index is 3030. The first-order valence-corrected chi connectivity index (χ1v) is 41.5. The Kier molecular flexibility index (Phi) is 69.9. The van der Waals surface area contributed by atoms with E-state index in [0.29, 0.717) is 29.5 Å². The molecule has 620 valence electrons. The van der Waals surface area contributed by atoms with E-state index in [1.54, 1.807) is 45.6 Å². The highest BCUT2D eigenvalue weighted by Gasteiger charge is 2.11. The Labute approximate surface area is 676 Å². The SMILES string of the molecule is CCCN(CCCCCC(=O)O)Cc1ccc(C(=O)O)cc1.CCCN(CCCCCC(=O)OC)Cc1ccc(C(=O)OC)cc1.CCCNCc1ccc(C(=O)OC)cc1.COC(=O)CCCCCCBr.COCCCCCc1ccccc1.COCCCCCc1ccccc1.COCCCCCc1ccccc1. The van der Waals surface area contributed by atoms with E-state index in [1.807, 2.05) is 48.5 Å². The van der Waals surface area contributed by atoms with Crippen molar-refractivity contribution in [1.82, 2.24) is 15.1 Å². The minimum absolute atomic E-state index is 0.0937. The van der Waals surface area contributed by atoms with Crippen LogP contribution in [0.1, 0.15) is 246 Å². The third kappa shape index (κ3) is 61.6. The van der Waals surface area contributed by atoms with Gasteiger partial charge >= 0.3 is 35.8 Å². The van der Waals surface area contributed by atoms with Crippen molar-refractivity contribution in [2.24, 2.45) is 0 Å². The fraction of sp³-hybridized carbons (Fsp3) is 0.543. The topological polar surface area (TPSA) is 226 Å². The molecule has 0 saturated carbocycles. The lowest BCUT2D eigenvalue weighted by atomic mass is 10.1. The highest BCUT2D eigenvalue weighted by Crippen LogP contribution is 2.15. The summed E-state index contributed by atoms with van der Waals surface area (Å²) in [5.41, 5.74) is 9.27. The maximum Gasteiger partial charge on any atom is 0.337 e. The molecule has 0 spiro atoms. The van der Waals surface area contributed by atoms with Crippen LogP contribution >= 0.6 is 15.9 Å². The van der Waals surface area contributed by atoms with Gasteiger partial charge in [0.25, 0.3) is 0 Å². The van der Waals surface area contributed by atoms with E-state index < -0.39 is 11.9 Å². The Hall–Kier alpha value is -7.62. The largest absolute Gasteiger partial charge is 0.481 e. The van der Waals surface area contributed by atoms with E-state index in [4.69, 9.17) is 29.2 Å². The fourth-order valence-electron chi connectivity index (χ4n) is 11.3. The van der Waals surface area contributed by atoms with Crippen LogP contribution in [0, 0.1) is 0 Å². The van der Waals surface area contributed by atoms with Crippen LogP contribution in [0.2, 0.25) is 0 Å². The third-order valence-electron chi connectivity index (χ3n) is 17.5. The number of methoxy groups -OCH3 is 7. The van der Waals surface area contributed by atoms with Crippen molar-refractivity contribution in [3.8, 4) is 0 Å². The molecule has 6 aromatic carbocycles. The molecule has 0 atom stereocenters. The molecule has 0 bridgehead atoms. The first-order chi connectivity index (χ1) is 54.0. The Morgan fingerprint density at radius 1 is 0.342 bits per heavy atom. The highest BCUT2D eigenvalue weighted by atomic mass is 79.9. The summed E-state index contributed by atoms with van der Waals surface area (Å²) in [6, 6.07) is 54.0. The lowest BCUT2D eigenvalue weighted by Gasteiger charge is -2.21. The van der Waals surface area contributed by atoms with Gasteiger partial charge < -0.3 is 48.7 Å². The van der Waals surface area contributed by atoms with Gasteiger partial charge in [0.1, 0.15) is 0 Å². The zero-order valence-corrected chi connectivity index (χ0v) is 70.9. The van der Waals surface area contributed by atoms with Gasteiger partial charge in [-0.2, -0.15) is 0 Å². The molecule has 0 aromatic heterocycles. The molecule has 19 heteroatoms. The number of aryl methyl sites for hydroxylation is 3. The van der Waals surface area contributed by atoms with Crippen molar-refractivity contribution in [1.29, 1.82) is 0 Å². The minimum Gasteiger partial charge on any atom is -0.481 e. The molecular formula is C92H140BrN3O15. The van der Waals surface area contributed by atoms with Crippen molar-refractivity contribution >= 4 is 51.7 Å². The Morgan fingerprint density at radius 2 is 0.676 bits per heavy atom. The van der Waals surface area contributed by atoms with E-state index in [9.17, 15) is 28.8 Å². The number of carboxylic acids is 2. The molecule has 6 aromatic rings. The van der Waals surface area contributed by atoms with Crippen molar-refractivity contribution in [3.63, 3.8) is 0 Å². The molecule has 0 saturated heterocycles. The number of ether oxygens (including phenoxy) is 7. The number of alkyl halides is 1. The summed E-state index contributed by atoms with van der Waals surface area (Å²) in [6.07, 6.45) is 29.4. The monoisotopic (exact) mass is 1610 g/mol. The minimum atomic E-state index is -0.907. The lowest BCUT2D eigenvalue weighted by molar-refractivity contribution is -0.141. The van der Waals surface area contributed by atoms with E-state index in [2.05, 4.69) is 157 Å². The summed E-state index contributed by atoms with van der Waals surface area (Å²) in [7, 11) is 10.9. The summed E-state index contributed by atoms with van der Waals surface area (Å²) in [5.74, 6) is -2.46. The molecule has 111 heavy (non-hydrogen) atoms. The maximum absolute atomic E-state index is 11.5. The van der Waals surface area contributed by atoms with E-state index in [-0.39, 0.29) is 30.3 Å². The number of carbonyl (C=O) groups excluding carboxylic acids is 4. The van der Waals surface area contributed by atoms with Crippen molar-refractivity contribution in [2.75, 3.05) is 108 Å². The van der Waals surface area contributed by atoms with Crippen LogP contribution in [0.4, 0.5) is 0 Å². The standard InChI is InChI=1S/C19H29NO4.C17H25NO4.C12H17NO2.3C12H18O.C8H15BrO2/c1-4-13-20(14-7-5-6-8-18(21)23-2)15-16-9-11-17(12-10-16)19(22)24-3;1-2-11-18(12-5-3-4-6-16(19)20)13-14-7-9-15(10-8-14)17(21)22;1-3-8-13-9-10-4-6-11(7-5-10)12(14)15-2;3*1-13-11-7-3-6-10-12-8-4-2-5-9-12;1-11-8(10)6-4-2-3-5-7-9/h9-12H,4-8,13-15H2,1-3H3;7-10H,2-6,11-13H2,1H3,(H,19,20)(H,21,22);4-7,13H,3,8-9H2,1-2H3;3*2,4-5,8-9H,3,6-7,10-11H2,1H3;2-7H2,1H3. The number of unbranched alkanes of at least 4 members (excludes halogenated alkanes) is 13. The average molecular weight is 1610 g/mol. The normalized spacial score (nSPS) is 10.4. The number of nitrogens with one attached hydrogen (secondary N) is 1. The van der Waals surface area contributed by atoms with Gasteiger partial charge in [-0.3, -0.25) is 24.2 Å². The van der Waals surface area contributed by atoms with Gasteiger partial charge in [-0.15, -0.1) is 0 Å². The van der Waals surface area contributed by atoms with Gasteiger partial charge in [0.2, 0.25) is 0 Å². The van der Waals surface area contributed by atoms with Crippen LogP contribution in [-0.4, -0.2) is 163 Å². The number of rotatable bonds is 51. The lowest BCUT2D eigenvalue weighted by Crippen LogP contribution is -2.25. The number of esters is 4. The van der Waals surface area contributed by atoms with Crippen molar-refractivity contribution < 1.29 is 72.1 Å². The van der Waals surface area contributed by atoms with Crippen LogP contribution in [0.5, 0.6) is 0 Å². The third-order valence-corrected chi connectivity index (χ3v) is 18.1. The number of hydrogen-bond donors (Lipinski definition) is 3. The predicted octanol–water partition coefficient (Wildman–Crippen LogP) is 20.3. The first kappa shape index (κ1) is 103. The summed E-state index contributed by atoms with van der Waals surface area (Å²) >= 11 is 3.35. The molecule has 0 radical (unpaired) electrons. The molecule has 0 unspecified atom stereocenters. The molecule has 0 heterocycles. The molecule has 18 nitrogen and oxygen atoms in total. The molecule has 0 fully saturated rings. The average Bonchev–Trinajstić information content (AvgIpc) is 0.909. The number of aromatic carboxylic acids is 1. The van der Waals surface area contributed by atoms with E-state index in [0.717, 1.165) is 154 Å². The first-order valence-electron chi connectivity index (χ1n) is 40.3. The molecule has 0 aliphatic rings. The number of nitrogens with zero attached hydrogens (tertiary/aromatic N) is 2. The molecule has 3 N–H and O–H groups in total. The molecule has 0 aliphatic heterocycles. The van der Waals surface area contributed by atoms with Gasteiger partial charge in [-0.1, -0.05) is 209 Å².